The van der Waals surface area contributed by atoms with E-state index in [1.807, 2.05) is 38.1 Å². The zero-order chi connectivity index (χ0) is 30.8. The highest BCUT2D eigenvalue weighted by Crippen LogP contribution is 2.30. The number of amides is 2. The van der Waals surface area contributed by atoms with Crippen LogP contribution < -0.4 is 20.9 Å². The molecule has 9 nitrogen and oxygen atoms in total. The Morgan fingerprint density at radius 3 is 2.40 bits per heavy atom. The van der Waals surface area contributed by atoms with Crippen molar-refractivity contribution in [3.63, 3.8) is 0 Å². The van der Waals surface area contributed by atoms with Gasteiger partial charge in [-0.15, -0.1) is 0 Å². The van der Waals surface area contributed by atoms with Crippen molar-refractivity contribution >= 4 is 41.0 Å². The first kappa shape index (κ1) is 30.1. The summed E-state index contributed by atoms with van der Waals surface area (Å²) >= 11 is 12.3. The molecule has 0 unspecified atom stereocenters. The molecule has 2 heterocycles. The predicted octanol–water partition coefficient (Wildman–Crippen LogP) is 5.67. The smallest absolute Gasteiger partial charge is 0.263 e. The number of nitrogens with zero attached hydrogens (tertiary/aromatic N) is 3. The molecule has 2 atom stereocenters. The molecule has 3 aromatic carbocycles. The van der Waals surface area contributed by atoms with Crippen molar-refractivity contribution in [2.45, 2.75) is 38.9 Å². The van der Waals surface area contributed by atoms with E-state index in [9.17, 15) is 14.4 Å². The molecule has 1 aliphatic heterocycles. The Morgan fingerprint density at radius 1 is 1.02 bits per heavy atom. The fourth-order valence-electron chi connectivity index (χ4n) is 5.26. The second kappa shape index (κ2) is 12.5. The lowest BCUT2D eigenvalue weighted by Gasteiger charge is -2.35. The maximum atomic E-state index is 14.2. The van der Waals surface area contributed by atoms with Gasteiger partial charge in [0, 0.05) is 35.3 Å². The SMILES string of the molecule is CNC(=O)c1ccc(-n2c(N[C@@H](C)c3ccccc3OC)nc3c(c2=O)C[C@@H](C)N(C(=O)c2ccc(Cl)c(Cl)c2)C3)cc1. The standard InChI is InChI=1S/C32H31Cl2N5O4/c1-18-15-24-27(17-38(18)30(41)21-11-14-25(33)26(34)16-21)37-32(36-19(2)23-7-5-6-8-28(23)43-4)39(31(24)42)22-12-9-20(10-13-22)29(40)35-3/h5-14,16,18-19H,15,17H2,1-4H3,(H,35,40)(H,36,37)/t18-,19+/m1/s1. The number of fused-ring (bicyclic) bond motifs is 1. The summed E-state index contributed by atoms with van der Waals surface area (Å²) in [6, 6.07) is 18.5. The number of hydrogen-bond donors (Lipinski definition) is 2. The predicted molar refractivity (Wildman–Crippen MR) is 168 cm³/mol. The van der Waals surface area contributed by atoms with Gasteiger partial charge in [0.2, 0.25) is 5.95 Å². The Bertz CT molecular complexity index is 1760. The van der Waals surface area contributed by atoms with Crippen LogP contribution in [0.15, 0.2) is 71.5 Å². The number of nitrogens with one attached hydrogen (secondary N) is 2. The molecule has 5 rings (SSSR count). The number of anilines is 1. The fourth-order valence-corrected chi connectivity index (χ4v) is 5.56. The average molecular weight is 621 g/mol. The summed E-state index contributed by atoms with van der Waals surface area (Å²) in [6.07, 6.45) is 0.312. The van der Waals surface area contributed by atoms with E-state index in [-0.39, 0.29) is 41.0 Å². The lowest BCUT2D eigenvalue weighted by molar-refractivity contribution is 0.0653. The maximum Gasteiger partial charge on any atom is 0.263 e. The fraction of sp³-hybridized carbons (Fsp3) is 0.250. The minimum Gasteiger partial charge on any atom is -0.496 e. The summed E-state index contributed by atoms with van der Waals surface area (Å²) in [7, 11) is 3.17. The number of rotatable bonds is 7. The van der Waals surface area contributed by atoms with Gasteiger partial charge >= 0.3 is 0 Å². The Labute approximate surface area is 259 Å². The normalized spacial score (nSPS) is 14.9. The van der Waals surface area contributed by atoms with Crippen LogP contribution in [0.3, 0.4) is 0 Å². The van der Waals surface area contributed by atoms with Gasteiger partial charge in [-0.2, -0.15) is 0 Å². The maximum absolute atomic E-state index is 14.2. The third-order valence-corrected chi connectivity index (χ3v) is 8.35. The molecule has 4 aromatic rings. The number of carbonyl (C=O) groups excluding carboxylic acids is 2. The van der Waals surface area contributed by atoms with Gasteiger partial charge in [0.1, 0.15) is 5.75 Å². The van der Waals surface area contributed by atoms with Crippen LogP contribution in [0.5, 0.6) is 5.75 Å². The summed E-state index contributed by atoms with van der Waals surface area (Å²) in [4.78, 5) is 46.5. The Morgan fingerprint density at radius 2 is 1.72 bits per heavy atom. The Balaban J connectivity index is 1.59. The number of benzene rings is 3. The molecular weight excluding hydrogens is 589 g/mol. The molecule has 0 saturated heterocycles. The molecule has 1 aliphatic rings. The zero-order valence-electron chi connectivity index (χ0n) is 24.2. The first-order valence-corrected chi connectivity index (χ1v) is 14.5. The van der Waals surface area contributed by atoms with E-state index in [1.165, 1.54) is 4.57 Å². The van der Waals surface area contributed by atoms with Gasteiger partial charge in [-0.25, -0.2) is 9.55 Å². The van der Waals surface area contributed by atoms with Crippen LogP contribution in [-0.4, -0.2) is 46.5 Å². The van der Waals surface area contributed by atoms with Crippen molar-refractivity contribution in [1.29, 1.82) is 0 Å². The van der Waals surface area contributed by atoms with Crippen molar-refractivity contribution < 1.29 is 14.3 Å². The van der Waals surface area contributed by atoms with Crippen LogP contribution in [0.4, 0.5) is 5.95 Å². The highest BCUT2D eigenvalue weighted by atomic mass is 35.5. The molecule has 1 aromatic heterocycles. The lowest BCUT2D eigenvalue weighted by Crippen LogP contribution is -2.46. The molecule has 0 fully saturated rings. The van der Waals surface area contributed by atoms with Crippen molar-refractivity contribution in [3.8, 4) is 11.4 Å². The molecule has 222 valence electrons. The van der Waals surface area contributed by atoms with E-state index >= 15 is 0 Å². The quantitative estimate of drug-likeness (QED) is 0.276. The lowest BCUT2D eigenvalue weighted by atomic mass is 9.98. The van der Waals surface area contributed by atoms with Crippen molar-refractivity contribution in [2.75, 3.05) is 19.5 Å². The highest BCUT2D eigenvalue weighted by Gasteiger charge is 2.32. The number of aromatic nitrogens is 2. The number of para-hydroxylation sites is 1. The van der Waals surface area contributed by atoms with E-state index in [4.69, 9.17) is 32.9 Å². The second-order valence-electron chi connectivity index (χ2n) is 10.4. The summed E-state index contributed by atoms with van der Waals surface area (Å²) in [5.74, 6) is 0.526. The van der Waals surface area contributed by atoms with Gasteiger partial charge in [0.15, 0.2) is 0 Å². The average Bonchev–Trinajstić information content (AvgIpc) is 3.02. The number of methoxy groups -OCH3 is 1. The van der Waals surface area contributed by atoms with Gasteiger partial charge in [-0.05, 0) is 68.8 Å². The van der Waals surface area contributed by atoms with Gasteiger partial charge in [-0.1, -0.05) is 41.4 Å². The van der Waals surface area contributed by atoms with E-state index in [1.54, 1.807) is 61.5 Å². The molecule has 0 aliphatic carbocycles. The van der Waals surface area contributed by atoms with Crippen LogP contribution in [0.1, 0.15) is 57.4 Å². The van der Waals surface area contributed by atoms with Crippen LogP contribution in [0.2, 0.25) is 10.0 Å². The summed E-state index contributed by atoms with van der Waals surface area (Å²) in [6.45, 7) is 3.99. The van der Waals surface area contributed by atoms with E-state index < -0.39 is 0 Å². The summed E-state index contributed by atoms with van der Waals surface area (Å²) in [5, 5.41) is 6.65. The Hall–Kier alpha value is -4.34. The summed E-state index contributed by atoms with van der Waals surface area (Å²) < 4.78 is 7.08. The van der Waals surface area contributed by atoms with Gasteiger partial charge in [-0.3, -0.25) is 14.4 Å². The first-order valence-electron chi connectivity index (χ1n) is 13.8. The van der Waals surface area contributed by atoms with Crippen LogP contribution >= 0.6 is 23.2 Å². The van der Waals surface area contributed by atoms with Crippen molar-refractivity contribution in [3.05, 3.63) is 115 Å². The number of halogens is 2. The van der Waals surface area contributed by atoms with E-state index in [0.29, 0.717) is 51.2 Å². The molecular formula is C32H31Cl2N5O4. The van der Waals surface area contributed by atoms with Gasteiger partial charge < -0.3 is 20.3 Å². The monoisotopic (exact) mass is 619 g/mol. The molecule has 43 heavy (non-hydrogen) atoms. The minimum absolute atomic E-state index is 0.138. The number of ether oxygens (including phenoxy) is 1. The van der Waals surface area contributed by atoms with Crippen molar-refractivity contribution in [1.82, 2.24) is 19.8 Å². The van der Waals surface area contributed by atoms with Crippen LogP contribution in [0.25, 0.3) is 5.69 Å². The minimum atomic E-state index is -0.297. The molecule has 2 N–H and O–H groups in total. The topological polar surface area (TPSA) is 106 Å². The van der Waals surface area contributed by atoms with Crippen molar-refractivity contribution in [2.24, 2.45) is 0 Å². The second-order valence-corrected chi connectivity index (χ2v) is 11.2. The first-order chi connectivity index (χ1) is 20.6. The third-order valence-electron chi connectivity index (χ3n) is 7.61. The molecule has 0 radical (unpaired) electrons. The number of carbonyl (C=O) groups is 2. The van der Waals surface area contributed by atoms with E-state index in [2.05, 4.69) is 10.6 Å². The molecule has 0 bridgehead atoms. The Kier molecular flexibility index (Phi) is 8.75. The van der Waals surface area contributed by atoms with Crippen LogP contribution in [-0.2, 0) is 13.0 Å². The number of hydrogen-bond acceptors (Lipinski definition) is 6. The summed E-state index contributed by atoms with van der Waals surface area (Å²) in [5.41, 5.74) is 3.07. The molecule has 0 saturated carbocycles. The van der Waals surface area contributed by atoms with Gasteiger partial charge in [0.05, 0.1) is 41.1 Å². The highest BCUT2D eigenvalue weighted by molar-refractivity contribution is 6.42. The largest absolute Gasteiger partial charge is 0.496 e. The zero-order valence-corrected chi connectivity index (χ0v) is 25.7. The molecule has 2 amide bonds. The van der Waals surface area contributed by atoms with Crippen LogP contribution in [0, 0.1) is 0 Å². The van der Waals surface area contributed by atoms with E-state index in [0.717, 1.165) is 5.56 Å². The third kappa shape index (κ3) is 5.96. The molecule has 11 heteroatoms. The molecule has 0 spiro atoms. The van der Waals surface area contributed by atoms with Gasteiger partial charge in [0.25, 0.3) is 17.4 Å².